The molecule has 2 heterocycles. The van der Waals surface area contributed by atoms with E-state index in [4.69, 9.17) is 4.74 Å². The molecule has 1 unspecified atom stereocenters. The largest absolute Gasteiger partial charge is 0.461 e. The van der Waals surface area contributed by atoms with Crippen LogP contribution in [-0.2, 0) is 35.3 Å². The Balaban J connectivity index is 1.23. The Labute approximate surface area is 189 Å². The van der Waals surface area contributed by atoms with Gasteiger partial charge in [-0.05, 0) is 56.6 Å². The zero-order chi connectivity index (χ0) is 22.1. The third-order valence-electron chi connectivity index (χ3n) is 7.21. The maximum absolute atomic E-state index is 13.1. The first kappa shape index (κ1) is 21.2. The van der Waals surface area contributed by atoms with Gasteiger partial charge in [-0.25, -0.2) is 4.79 Å². The number of carbonyl (C=O) groups is 2. The SMILES string of the molecule is CCOC(=O)c1nn(CC(=O)N2CCN(C3CCCc4ccccc43)CC2)c2c1CCC2. The van der Waals surface area contributed by atoms with Gasteiger partial charge in [0, 0.05) is 43.5 Å². The minimum absolute atomic E-state index is 0.0845. The molecule has 7 heteroatoms. The molecule has 170 valence electrons. The molecule has 7 nitrogen and oxygen atoms in total. The monoisotopic (exact) mass is 436 g/mol. The molecular weight excluding hydrogens is 404 g/mol. The minimum Gasteiger partial charge on any atom is -0.461 e. The summed E-state index contributed by atoms with van der Waals surface area (Å²) < 4.78 is 6.92. The van der Waals surface area contributed by atoms with Gasteiger partial charge in [-0.2, -0.15) is 5.10 Å². The Morgan fingerprint density at radius 2 is 1.88 bits per heavy atom. The van der Waals surface area contributed by atoms with Crippen LogP contribution in [0, 0.1) is 0 Å². The van der Waals surface area contributed by atoms with Crippen LogP contribution >= 0.6 is 0 Å². The average molecular weight is 437 g/mol. The van der Waals surface area contributed by atoms with E-state index in [-0.39, 0.29) is 18.4 Å². The topological polar surface area (TPSA) is 67.7 Å². The lowest BCUT2D eigenvalue weighted by Gasteiger charge is -2.41. The van der Waals surface area contributed by atoms with Gasteiger partial charge < -0.3 is 9.64 Å². The number of ether oxygens (including phenoxy) is 1. The normalized spacial score (nSPS) is 20.7. The molecule has 3 aliphatic rings. The second-order valence-corrected chi connectivity index (χ2v) is 9.03. The van der Waals surface area contributed by atoms with E-state index in [2.05, 4.69) is 34.3 Å². The Morgan fingerprint density at radius 1 is 1.06 bits per heavy atom. The fraction of sp³-hybridized carbons (Fsp3) is 0.560. The summed E-state index contributed by atoms with van der Waals surface area (Å²) in [5.41, 5.74) is 5.34. The molecule has 2 aliphatic carbocycles. The van der Waals surface area contributed by atoms with E-state index in [9.17, 15) is 9.59 Å². The molecule has 1 aliphatic heterocycles. The van der Waals surface area contributed by atoms with Crippen LogP contribution in [-0.4, -0.2) is 64.2 Å². The summed E-state index contributed by atoms with van der Waals surface area (Å²) in [7, 11) is 0. The van der Waals surface area contributed by atoms with Crippen LogP contribution in [0.15, 0.2) is 24.3 Å². The number of piperazine rings is 1. The first-order valence-corrected chi connectivity index (χ1v) is 12.0. The van der Waals surface area contributed by atoms with Crippen molar-refractivity contribution in [3.05, 3.63) is 52.3 Å². The third-order valence-corrected chi connectivity index (χ3v) is 7.21. The van der Waals surface area contributed by atoms with Crippen LogP contribution in [0.2, 0.25) is 0 Å². The lowest BCUT2D eigenvalue weighted by atomic mass is 9.86. The molecule has 0 bridgehead atoms. The zero-order valence-corrected chi connectivity index (χ0v) is 18.9. The first-order chi connectivity index (χ1) is 15.7. The molecule has 0 spiro atoms. The number of amides is 1. The number of fused-ring (bicyclic) bond motifs is 2. The van der Waals surface area contributed by atoms with Gasteiger partial charge in [-0.1, -0.05) is 24.3 Å². The van der Waals surface area contributed by atoms with Gasteiger partial charge >= 0.3 is 5.97 Å². The Morgan fingerprint density at radius 3 is 2.69 bits per heavy atom. The van der Waals surface area contributed by atoms with E-state index in [0.717, 1.165) is 56.7 Å². The molecular formula is C25H32N4O3. The fourth-order valence-corrected chi connectivity index (χ4v) is 5.62. The van der Waals surface area contributed by atoms with Crippen molar-refractivity contribution in [3.63, 3.8) is 0 Å². The van der Waals surface area contributed by atoms with Gasteiger partial charge in [-0.3, -0.25) is 14.4 Å². The van der Waals surface area contributed by atoms with Crippen LogP contribution in [0.3, 0.4) is 0 Å². The van der Waals surface area contributed by atoms with Crippen molar-refractivity contribution in [2.24, 2.45) is 0 Å². The summed E-state index contributed by atoms with van der Waals surface area (Å²) >= 11 is 0. The van der Waals surface area contributed by atoms with Crippen LogP contribution < -0.4 is 0 Å². The molecule has 0 radical (unpaired) electrons. The van der Waals surface area contributed by atoms with Crippen molar-refractivity contribution in [2.75, 3.05) is 32.8 Å². The second kappa shape index (κ2) is 9.06. The molecule has 1 aromatic heterocycles. The lowest BCUT2D eigenvalue weighted by molar-refractivity contribution is -0.134. The summed E-state index contributed by atoms with van der Waals surface area (Å²) in [5.74, 6) is -0.292. The number of hydrogen-bond acceptors (Lipinski definition) is 5. The number of nitrogens with zero attached hydrogens (tertiary/aromatic N) is 4. The van der Waals surface area contributed by atoms with Gasteiger partial charge in [0.2, 0.25) is 5.91 Å². The highest BCUT2D eigenvalue weighted by atomic mass is 16.5. The van der Waals surface area contributed by atoms with E-state index in [1.807, 2.05) is 4.90 Å². The molecule has 1 saturated heterocycles. The lowest BCUT2D eigenvalue weighted by Crippen LogP contribution is -2.50. The standard InChI is InChI=1S/C25H32N4O3/c1-2-32-25(31)24-20-10-6-12-22(20)29(26-24)17-23(30)28-15-13-27(14-16-28)21-11-5-8-18-7-3-4-9-19(18)21/h3-4,7,9,21H,2,5-6,8,10-17H2,1H3. The smallest absolute Gasteiger partial charge is 0.359 e. The number of aromatic nitrogens is 2. The molecule has 5 rings (SSSR count). The van der Waals surface area contributed by atoms with Crippen molar-refractivity contribution in [1.82, 2.24) is 19.6 Å². The van der Waals surface area contributed by atoms with Crippen LogP contribution in [0.1, 0.15) is 65.1 Å². The molecule has 1 aromatic carbocycles. The van der Waals surface area contributed by atoms with Gasteiger partial charge in [0.05, 0.1) is 6.61 Å². The van der Waals surface area contributed by atoms with E-state index in [0.29, 0.717) is 18.3 Å². The maximum Gasteiger partial charge on any atom is 0.359 e. The highest BCUT2D eigenvalue weighted by Gasteiger charge is 2.31. The van der Waals surface area contributed by atoms with Gasteiger partial charge in [0.1, 0.15) is 6.54 Å². The van der Waals surface area contributed by atoms with Gasteiger partial charge in [0.25, 0.3) is 0 Å². The molecule has 0 saturated carbocycles. The molecule has 1 atom stereocenters. The van der Waals surface area contributed by atoms with Crippen LogP contribution in [0.25, 0.3) is 0 Å². The number of benzene rings is 1. The zero-order valence-electron chi connectivity index (χ0n) is 18.9. The minimum atomic E-state index is -0.377. The van der Waals surface area contributed by atoms with Gasteiger partial charge in [0.15, 0.2) is 5.69 Å². The quantitative estimate of drug-likeness (QED) is 0.675. The predicted molar refractivity (Wildman–Crippen MR) is 120 cm³/mol. The molecule has 32 heavy (non-hydrogen) atoms. The molecule has 2 aromatic rings. The van der Waals surface area contributed by atoms with Crippen molar-refractivity contribution < 1.29 is 14.3 Å². The van der Waals surface area contributed by atoms with Crippen molar-refractivity contribution in [2.45, 2.75) is 58.0 Å². The van der Waals surface area contributed by atoms with E-state index < -0.39 is 0 Å². The van der Waals surface area contributed by atoms with E-state index >= 15 is 0 Å². The number of rotatable bonds is 5. The molecule has 1 amide bonds. The summed E-state index contributed by atoms with van der Waals surface area (Å²) in [4.78, 5) is 29.9. The van der Waals surface area contributed by atoms with Crippen molar-refractivity contribution >= 4 is 11.9 Å². The third kappa shape index (κ3) is 3.94. The van der Waals surface area contributed by atoms with E-state index in [1.54, 1.807) is 11.6 Å². The van der Waals surface area contributed by atoms with Gasteiger partial charge in [-0.15, -0.1) is 0 Å². The maximum atomic E-state index is 13.1. The number of hydrogen-bond donors (Lipinski definition) is 0. The highest BCUT2D eigenvalue weighted by molar-refractivity contribution is 5.89. The summed E-state index contributed by atoms with van der Waals surface area (Å²) in [5, 5.41) is 4.48. The summed E-state index contributed by atoms with van der Waals surface area (Å²) in [6.07, 6.45) is 6.29. The highest BCUT2D eigenvalue weighted by Crippen LogP contribution is 2.34. The Bertz CT molecular complexity index is 1010. The Hall–Kier alpha value is -2.67. The van der Waals surface area contributed by atoms with Crippen molar-refractivity contribution in [1.29, 1.82) is 0 Å². The van der Waals surface area contributed by atoms with Crippen LogP contribution in [0.5, 0.6) is 0 Å². The number of aryl methyl sites for hydroxylation is 1. The predicted octanol–water partition coefficient (Wildman–Crippen LogP) is 2.77. The summed E-state index contributed by atoms with van der Waals surface area (Å²) in [6, 6.07) is 9.28. The second-order valence-electron chi connectivity index (χ2n) is 9.03. The fourth-order valence-electron chi connectivity index (χ4n) is 5.62. The van der Waals surface area contributed by atoms with E-state index in [1.165, 1.54) is 30.4 Å². The number of carbonyl (C=O) groups excluding carboxylic acids is 2. The Kier molecular flexibility index (Phi) is 6.00. The summed E-state index contributed by atoms with van der Waals surface area (Å²) in [6.45, 7) is 5.61. The van der Waals surface area contributed by atoms with Crippen LogP contribution in [0.4, 0.5) is 0 Å². The first-order valence-electron chi connectivity index (χ1n) is 12.0. The van der Waals surface area contributed by atoms with Crippen molar-refractivity contribution in [3.8, 4) is 0 Å². The molecule has 1 fully saturated rings. The number of esters is 1. The molecule has 0 N–H and O–H groups in total. The average Bonchev–Trinajstić information content (AvgIpc) is 3.43.